The van der Waals surface area contributed by atoms with E-state index >= 15 is 0 Å². The summed E-state index contributed by atoms with van der Waals surface area (Å²) in [7, 11) is 0. The molecule has 0 atom stereocenters. The molecule has 2 rings (SSSR count). The number of alkyl halides is 2. The number of unbranched alkanes of at least 4 members (excludes halogenated alkanes) is 2. The van der Waals surface area contributed by atoms with Crippen LogP contribution in [0.1, 0.15) is 43.0 Å². The molecule has 1 aromatic carbocycles. The summed E-state index contributed by atoms with van der Waals surface area (Å²) in [5.74, 6) is -3.48. The SMILES string of the molecule is CCCCCC1=C(C(=O)c2ccccc2)C1(F)F. The average Bonchev–Trinajstić information content (AvgIpc) is 2.92. The molecule has 0 fully saturated rings. The number of carbonyl (C=O) groups is 1. The normalized spacial score (nSPS) is 16.8. The minimum Gasteiger partial charge on any atom is -0.289 e. The Balaban J connectivity index is 2.10. The van der Waals surface area contributed by atoms with Crippen LogP contribution in [0.15, 0.2) is 41.5 Å². The first-order chi connectivity index (χ1) is 8.59. The van der Waals surface area contributed by atoms with Gasteiger partial charge >= 0.3 is 0 Å². The van der Waals surface area contributed by atoms with Crippen LogP contribution in [0.2, 0.25) is 0 Å². The summed E-state index contributed by atoms with van der Waals surface area (Å²) in [6.45, 7) is 2.02. The van der Waals surface area contributed by atoms with E-state index in [1.807, 2.05) is 6.92 Å². The molecular weight excluding hydrogens is 234 g/mol. The fourth-order valence-electron chi connectivity index (χ4n) is 2.13. The van der Waals surface area contributed by atoms with Gasteiger partial charge < -0.3 is 0 Å². The average molecular weight is 250 g/mol. The summed E-state index contributed by atoms with van der Waals surface area (Å²) in [5.41, 5.74) is 0.118. The summed E-state index contributed by atoms with van der Waals surface area (Å²) in [6.07, 6.45) is 2.98. The Kier molecular flexibility index (Phi) is 3.60. The van der Waals surface area contributed by atoms with Gasteiger partial charge in [0.2, 0.25) is 0 Å². The van der Waals surface area contributed by atoms with Gasteiger partial charge in [-0.05, 0) is 12.8 Å². The second-order valence-corrected chi connectivity index (χ2v) is 4.58. The smallest absolute Gasteiger partial charge is 0.289 e. The zero-order valence-electron chi connectivity index (χ0n) is 10.4. The highest BCUT2D eigenvalue weighted by Crippen LogP contribution is 2.52. The van der Waals surface area contributed by atoms with E-state index in [0.29, 0.717) is 12.0 Å². The number of hydrogen-bond donors (Lipinski definition) is 0. The number of benzene rings is 1. The van der Waals surface area contributed by atoms with Crippen molar-refractivity contribution in [1.29, 1.82) is 0 Å². The number of rotatable bonds is 6. The Morgan fingerprint density at radius 2 is 1.83 bits per heavy atom. The van der Waals surface area contributed by atoms with E-state index in [1.54, 1.807) is 30.3 Å². The molecule has 3 heteroatoms. The summed E-state index contributed by atoms with van der Waals surface area (Å²) in [4.78, 5) is 11.9. The van der Waals surface area contributed by atoms with Gasteiger partial charge in [-0.3, -0.25) is 4.79 Å². The summed E-state index contributed by atoms with van der Waals surface area (Å²) < 4.78 is 27.1. The van der Waals surface area contributed by atoms with Crippen molar-refractivity contribution in [2.24, 2.45) is 0 Å². The van der Waals surface area contributed by atoms with Crippen LogP contribution in [0.4, 0.5) is 8.78 Å². The highest BCUT2D eigenvalue weighted by molar-refractivity contribution is 6.14. The quantitative estimate of drug-likeness (QED) is 0.540. The second-order valence-electron chi connectivity index (χ2n) is 4.58. The van der Waals surface area contributed by atoms with Gasteiger partial charge in [0.05, 0.1) is 5.57 Å². The van der Waals surface area contributed by atoms with E-state index < -0.39 is 11.7 Å². The zero-order valence-corrected chi connectivity index (χ0v) is 10.4. The molecule has 1 aromatic rings. The zero-order chi connectivity index (χ0) is 13.2. The molecule has 0 unspecified atom stereocenters. The van der Waals surface area contributed by atoms with Crippen LogP contribution in [0.25, 0.3) is 0 Å². The molecule has 1 aliphatic carbocycles. The number of hydrogen-bond acceptors (Lipinski definition) is 1. The highest BCUT2D eigenvalue weighted by atomic mass is 19.3. The Morgan fingerprint density at radius 3 is 2.44 bits per heavy atom. The lowest BCUT2D eigenvalue weighted by molar-refractivity contribution is 0.0941. The molecule has 0 amide bonds. The third kappa shape index (κ3) is 2.35. The van der Waals surface area contributed by atoms with Crippen LogP contribution in [0.3, 0.4) is 0 Å². The van der Waals surface area contributed by atoms with Crippen LogP contribution in [-0.2, 0) is 0 Å². The lowest BCUT2D eigenvalue weighted by atomic mass is 10.1. The molecule has 0 saturated heterocycles. The predicted molar refractivity (Wildman–Crippen MR) is 66.9 cm³/mol. The molecular formula is C15H16F2O. The first-order valence-electron chi connectivity index (χ1n) is 6.30. The van der Waals surface area contributed by atoms with Crippen molar-refractivity contribution in [2.75, 3.05) is 0 Å². The number of carbonyl (C=O) groups excluding carboxylic acids is 1. The van der Waals surface area contributed by atoms with Crippen molar-refractivity contribution in [3.05, 3.63) is 47.0 Å². The van der Waals surface area contributed by atoms with Crippen molar-refractivity contribution in [3.8, 4) is 0 Å². The number of halogens is 2. The maximum Gasteiger partial charge on any atom is 0.299 e. The molecule has 1 nitrogen and oxygen atoms in total. The summed E-state index contributed by atoms with van der Waals surface area (Å²) in [6, 6.07) is 8.29. The Hall–Kier alpha value is -1.51. The number of allylic oxidation sites excluding steroid dienone is 2. The van der Waals surface area contributed by atoms with Gasteiger partial charge in [0.25, 0.3) is 5.92 Å². The van der Waals surface area contributed by atoms with Crippen LogP contribution < -0.4 is 0 Å². The standard InChI is InChI=1S/C15H16F2O/c1-2-3-5-10-12-13(15(12,16)17)14(18)11-8-6-4-7-9-11/h4,6-9H,2-3,5,10H2,1H3. The van der Waals surface area contributed by atoms with Crippen molar-refractivity contribution >= 4 is 5.78 Å². The van der Waals surface area contributed by atoms with Gasteiger partial charge in [0.1, 0.15) is 0 Å². The van der Waals surface area contributed by atoms with Gasteiger partial charge in [0, 0.05) is 11.1 Å². The molecule has 0 heterocycles. The molecule has 18 heavy (non-hydrogen) atoms. The molecule has 0 aliphatic heterocycles. The first kappa shape index (κ1) is 12.9. The van der Waals surface area contributed by atoms with E-state index in [4.69, 9.17) is 0 Å². The molecule has 0 saturated carbocycles. The molecule has 1 aliphatic rings. The van der Waals surface area contributed by atoms with Gasteiger partial charge in [-0.25, -0.2) is 0 Å². The number of Topliss-reactive ketones (excluding diaryl/α,β-unsaturated/α-hetero) is 1. The number of ketones is 1. The van der Waals surface area contributed by atoms with Gasteiger partial charge in [-0.1, -0.05) is 50.1 Å². The summed E-state index contributed by atoms with van der Waals surface area (Å²) >= 11 is 0. The molecule has 0 aromatic heterocycles. The van der Waals surface area contributed by atoms with Crippen LogP contribution in [-0.4, -0.2) is 11.7 Å². The Bertz CT molecular complexity index is 475. The maximum absolute atomic E-state index is 13.5. The minimum absolute atomic E-state index is 0.0461. The highest BCUT2D eigenvalue weighted by Gasteiger charge is 2.58. The van der Waals surface area contributed by atoms with E-state index in [0.717, 1.165) is 19.3 Å². The van der Waals surface area contributed by atoms with Crippen molar-refractivity contribution < 1.29 is 13.6 Å². The lowest BCUT2D eigenvalue weighted by Gasteiger charge is -1.98. The van der Waals surface area contributed by atoms with Crippen LogP contribution in [0.5, 0.6) is 0 Å². The minimum atomic E-state index is -2.96. The van der Waals surface area contributed by atoms with Gasteiger partial charge in [-0.15, -0.1) is 0 Å². The van der Waals surface area contributed by atoms with Crippen molar-refractivity contribution in [3.63, 3.8) is 0 Å². The van der Waals surface area contributed by atoms with E-state index in [1.165, 1.54) is 0 Å². The third-order valence-corrected chi connectivity index (χ3v) is 3.23. The van der Waals surface area contributed by atoms with E-state index in [9.17, 15) is 13.6 Å². The monoisotopic (exact) mass is 250 g/mol. The fourth-order valence-corrected chi connectivity index (χ4v) is 2.13. The topological polar surface area (TPSA) is 17.1 Å². The van der Waals surface area contributed by atoms with Crippen LogP contribution in [0, 0.1) is 0 Å². The fraction of sp³-hybridized carbons (Fsp3) is 0.400. The molecule has 0 bridgehead atoms. The lowest BCUT2D eigenvalue weighted by Crippen LogP contribution is -2.06. The Morgan fingerprint density at radius 1 is 1.17 bits per heavy atom. The van der Waals surface area contributed by atoms with Gasteiger partial charge in [0.15, 0.2) is 5.78 Å². The first-order valence-corrected chi connectivity index (χ1v) is 6.30. The van der Waals surface area contributed by atoms with Crippen molar-refractivity contribution in [1.82, 2.24) is 0 Å². The molecule has 0 N–H and O–H groups in total. The molecule has 96 valence electrons. The third-order valence-electron chi connectivity index (χ3n) is 3.23. The van der Waals surface area contributed by atoms with E-state index in [-0.39, 0.29) is 11.1 Å². The largest absolute Gasteiger partial charge is 0.299 e. The Labute approximate surface area is 106 Å². The molecule has 0 radical (unpaired) electrons. The van der Waals surface area contributed by atoms with Gasteiger partial charge in [-0.2, -0.15) is 8.78 Å². The second kappa shape index (κ2) is 5.01. The van der Waals surface area contributed by atoms with Crippen LogP contribution >= 0.6 is 0 Å². The van der Waals surface area contributed by atoms with Crippen molar-refractivity contribution in [2.45, 2.75) is 38.5 Å². The maximum atomic E-state index is 13.5. The molecule has 0 spiro atoms. The summed E-state index contributed by atoms with van der Waals surface area (Å²) in [5, 5.41) is 0. The predicted octanol–water partition coefficient (Wildman–Crippen LogP) is 4.40. The van der Waals surface area contributed by atoms with E-state index in [2.05, 4.69) is 0 Å².